The van der Waals surface area contributed by atoms with Crippen LogP contribution >= 0.6 is 0 Å². The number of carbonyl (C=O) groups is 2. The van der Waals surface area contributed by atoms with Crippen molar-refractivity contribution in [2.45, 2.75) is 43.5 Å². The van der Waals surface area contributed by atoms with Crippen LogP contribution in [0.4, 0.5) is 0 Å². The minimum atomic E-state index is -4.02. The summed E-state index contributed by atoms with van der Waals surface area (Å²) in [6.45, 7) is 1.84. The molecule has 0 radical (unpaired) electrons. The smallest absolute Gasteiger partial charge is 0.320 e. The lowest BCUT2D eigenvalue weighted by Crippen LogP contribution is -2.30. The average molecular weight is 502 g/mol. The van der Waals surface area contributed by atoms with E-state index < -0.39 is 28.1 Å². The molecular formula is C26H31NO7S. The summed E-state index contributed by atoms with van der Waals surface area (Å²) in [5.41, 5.74) is 8.78. The van der Waals surface area contributed by atoms with E-state index in [0.717, 1.165) is 18.4 Å². The molecule has 35 heavy (non-hydrogen) atoms. The number of carboxylic acid groups (broad SMARTS) is 2. The largest absolute Gasteiger partial charge is 0.481 e. The first-order valence-electron chi connectivity index (χ1n) is 10.8. The summed E-state index contributed by atoms with van der Waals surface area (Å²) in [6.07, 6.45) is 2.04. The molecule has 9 heteroatoms. The van der Waals surface area contributed by atoms with E-state index in [4.69, 9.17) is 20.5 Å². The number of aryl methyl sites for hydroxylation is 3. The molecule has 1 atom stereocenters. The predicted molar refractivity (Wildman–Crippen MR) is 134 cm³/mol. The maximum Gasteiger partial charge on any atom is 0.320 e. The number of aliphatic carboxylic acids is 2. The van der Waals surface area contributed by atoms with Gasteiger partial charge in [0.25, 0.3) is 10.1 Å². The molecule has 0 amide bonds. The summed E-state index contributed by atoms with van der Waals surface area (Å²) in [6, 6.07) is 26.2. The van der Waals surface area contributed by atoms with Gasteiger partial charge in [-0.15, -0.1) is 0 Å². The Labute approximate surface area is 205 Å². The Morgan fingerprint density at radius 1 is 0.800 bits per heavy atom. The zero-order chi connectivity index (χ0) is 26.3. The van der Waals surface area contributed by atoms with Crippen LogP contribution in [0, 0.1) is 6.92 Å². The van der Waals surface area contributed by atoms with Gasteiger partial charge in [-0.05, 0) is 49.4 Å². The maximum absolute atomic E-state index is 10.5. The lowest BCUT2D eigenvalue weighted by molar-refractivity contribution is -0.139. The molecule has 0 aliphatic rings. The van der Waals surface area contributed by atoms with Crippen LogP contribution in [0.2, 0.25) is 0 Å². The normalized spacial score (nSPS) is 11.2. The highest BCUT2D eigenvalue weighted by Gasteiger charge is 2.12. The van der Waals surface area contributed by atoms with Crippen molar-refractivity contribution >= 4 is 22.1 Å². The van der Waals surface area contributed by atoms with E-state index in [9.17, 15) is 18.0 Å². The Morgan fingerprint density at radius 3 is 1.57 bits per heavy atom. The summed E-state index contributed by atoms with van der Waals surface area (Å²) < 4.78 is 29.6. The molecule has 0 bridgehead atoms. The monoisotopic (exact) mass is 501 g/mol. The number of nitrogens with two attached hydrogens (primary N) is 1. The molecule has 0 heterocycles. The first kappa shape index (κ1) is 29.5. The molecule has 3 aromatic carbocycles. The third kappa shape index (κ3) is 13.7. The molecule has 0 saturated heterocycles. The van der Waals surface area contributed by atoms with Crippen molar-refractivity contribution in [2.24, 2.45) is 5.73 Å². The van der Waals surface area contributed by atoms with Crippen molar-refractivity contribution in [3.63, 3.8) is 0 Å². The average Bonchev–Trinajstić information content (AvgIpc) is 2.83. The van der Waals surface area contributed by atoms with E-state index in [1.807, 2.05) is 6.92 Å². The van der Waals surface area contributed by atoms with E-state index in [1.165, 1.54) is 23.3 Å². The fourth-order valence-corrected chi connectivity index (χ4v) is 3.17. The van der Waals surface area contributed by atoms with E-state index in [-0.39, 0.29) is 17.7 Å². The molecule has 0 aliphatic heterocycles. The van der Waals surface area contributed by atoms with Gasteiger partial charge >= 0.3 is 11.9 Å². The Bertz CT molecular complexity index is 1090. The third-order valence-corrected chi connectivity index (χ3v) is 5.56. The van der Waals surface area contributed by atoms with Crippen LogP contribution in [-0.4, -0.2) is 41.2 Å². The molecule has 0 saturated carbocycles. The lowest BCUT2D eigenvalue weighted by atomic mass is 10.0. The van der Waals surface area contributed by atoms with Crippen molar-refractivity contribution in [3.05, 3.63) is 102 Å². The van der Waals surface area contributed by atoms with Gasteiger partial charge in [0.1, 0.15) is 6.04 Å². The SMILES string of the molecule is Cc1ccc(S(=O)(=O)O)cc1.NC(CCC(=O)O)C(=O)O.c1ccc(CCc2ccccc2)cc1. The summed E-state index contributed by atoms with van der Waals surface area (Å²) in [5, 5.41) is 16.3. The van der Waals surface area contributed by atoms with Crippen molar-refractivity contribution < 1.29 is 32.8 Å². The number of rotatable bonds is 8. The summed E-state index contributed by atoms with van der Waals surface area (Å²) in [5.74, 6) is -2.20. The van der Waals surface area contributed by atoms with Gasteiger partial charge in [0.2, 0.25) is 0 Å². The van der Waals surface area contributed by atoms with Crippen LogP contribution in [0.1, 0.15) is 29.5 Å². The predicted octanol–water partition coefficient (Wildman–Crippen LogP) is 3.98. The highest BCUT2D eigenvalue weighted by Crippen LogP contribution is 2.08. The Kier molecular flexibility index (Phi) is 13.0. The zero-order valence-electron chi connectivity index (χ0n) is 19.4. The fraction of sp³-hybridized carbons (Fsp3) is 0.231. The number of benzene rings is 3. The summed E-state index contributed by atoms with van der Waals surface area (Å²) >= 11 is 0. The van der Waals surface area contributed by atoms with Crippen molar-refractivity contribution in [1.29, 1.82) is 0 Å². The van der Waals surface area contributed by atoms with Gasteiger partial charge in [0.05, 0.1) is 4.90 Å². The molecule has 3 rings (SSSR count). The van der Waals surface area contributed by atoms with E-state index >= 15 is 0 Å². The third-order valence-electron chi connectivity index (χ3n) is 4.69. The van der Waals surface area contributed by atoms with Crippen LogP contribution < -0.4 is 5.73 Å². The molecule has 3 aromatic rings. The van der Waals surface area contributed by atoms with Crippen molar-refractivity contribution in [3.8, 4) is 0 Å². The highest BCUT2D eigenvalue weighted by atomic mass is 32.2. The van der Waals surface area contributed by atoms with Crippen molar-refractivity contribution in [2.75, 3.05) is 0 Å². The molecule has 1 unspecified atom stereocenters. The Hall–Kier alpha value is -3.53. The highest BCUT2D eigenvalue weighted by molar-refractivity contribution is 7.85. The second-order valence-electron chi connectivity index (χ2n) is 7.64. The van der Waals surface area contributed by atoms with Gasteiger partial charge in [-0.25, -0.2) is 0 Å². The molecule has 0 aliphatic carbocycles. The van der Waals surface area contributed by atoms with E-state index in [1.54, 1.807) is 12.1 Å². The van der Waals surface area contributed by atoms with Crippen LogP contribution in [0.3, 0.4) is 0 Å². The van der Waals surface area contributed by atoms with Crippen LogP contribution in [0.15, 0.2) is 89.8 Å². The van der Waals surface area contributed by atoms with Crippen LogP contribution in [0.25, 0.3) is 0 Å². The maximum atomic E-state index is 10.5. The van der Waals surface area contributed by atoms with E-state index in [2.05, 4.69) is 60.7 Å². The molecule has 0 spiro atoms. The standard InChI is InChI=1S/C14H14.C7H8O3S.C5H9NO4/c1-3-7-13(8-4-1)11-12-14-9-5-2-6-10-14;1-6-2-4-7(5-3-6)11(8,9)10;6-3(5(9)10)1-2-4(7)8/h1-10H,11-12H2;2-5H,1H3,(H,8,9,10);3H,1-2,6H2,(H,7,8)(H,9,10). The van der Waals surface area contributed by atoms with Gasteiger partial charge in [-0.1, -0.05) is 78.4 Å². The summed E-state index contributed by atoms with van der Waals surface area (Å²) in [4.78, 5) is 19.8. The number of hydrogen-bond acceptors (Lipinski definition) is 5. The van der Waals surface area contributed by atoms with Gasteiger partial charge in [0, 0.05) is 6.42 Å². The molecule has 0 fully saturated rings. The van der Waals surface area contributed by atoms with E-state index in [0.29, 0.717) is 0 Å². The topological polar surface area (TPSA) is 155 Å². The number of carboxylic acids is 2. The molecule has 0 aromatic heterocycles. The van der Waals surface area contributed by atoms with Crippen LogP contribution in [0.5, 0.6) is 0 Å². The Morgan fingerprint density at radius 2 is 1.23 bits per heavy atom. The first-order chi connectivity index (χ1) is 16.5. The lowest BCUT2D eigenvalue weighted by Gasteiger charge is -2.01. The molecule has 5 N–H and O–H groups in total. The first-order valence-corrected chi connectivity index (χ1v) is 12.2. The second-order valence-corrected chi connectivity index (χ2v) is 9.06. The number of hydrogen-bond donors (Lipinski definition) is 4. The second kappa shape index (κ2) is 15.4. The van der Waals surface area contributed by atoms with Gasteiger partial charge in [-0.3, -0.25) is 14.1 Å². The van der Waals surface area contributed by atoms with Gasteiger partial charge in [-0.2, -0.15) is 8.42 Å². The van der Waals surface area contributed by atoms with Gasteiger partial charge in [0.15, 0.2) is 0 Å². The summed E-state index contributed by atoms with van der Waals surface area (Å²) in [7, 11) is -4.02. The molecule has 188 valence electrons. The minimum Gasteiger partial charge on any atom is -0.481 e. The zero-order valence-corrected chi connectivity index (χ0v) is 20.3. The molecule has 8 nitrogen and oxygen atoms in total. The van der Waals surface area contributed by atoms with Crippen molar-refractivity contribution in [1.82, 2.24) is 0 Å². The minimum absolute atomic E-state index is 0.0231. The fourth-order valence-electron chi connectivity index (χ4n) is 2.69. The van der Waals surface area contributed by atoms with Gasteiger partial charge < -0.3 is 15.9 Å². The Balaban J connectivity index is 0.000000268. The molecular weight excluding hydrogens is 470 g/mol. The quantitative estimate of drug-likeness (QED) is 0.338. The van der Waals surface area contributed by atoms with Crippen LogP contribution in [-0.2, 0) is 32.5 Å².